The van der Waals surface area contributed by atoms with Gasteiger partial charge in [0.1, 0.15) is 6.54 Å². The molecule has 3 amide bonds. The number of hydrogen-bond donors (Lipinski definition) is 2. The van der Waals surface area contributed by atoms with Crippen molar-refractivity contribution in [3.63, 3.8) is 0 Å². The number of hydrogen-bond acceptors (Lipinski definition) is 5. The molecule has 1 aromatic rings. The molecule has 0 aliphatic carbocycles. The number of methoxy groups -OCH3 is 1. The molecule has 0 bridgehead atoms. The van der Waals surface area contributed by atoms with Crippen LogP contribution in [-0.4, -0.2) is 62.3 Å². The van der Waals surface area contributed by atoms with Gasteiger partial charge in [0.25, 0.3) is 0 Å². The van der Waals surface area contributed by atoms with Crippen LogP contribution in [0, 0.1) is 0 Å². The SMILES string of the molecule is COC(=O)CNC(=O)Cc1ccc(NC(=O)N2CCO[C@@H](C)C2)cc1. The van der Waals surface area contributed by atoms with E-state index in [1.165, 1.54) is 7.11 Å². The van der Waals surface area contributed by atoms with Gasteiger partial charge in [-0.25, -0.2) is 4.79 Å². The Bertz CT molecular complexity index is 617. The second kappa shape index (κ2) is 9.03. The van der Waals surface area contributed by atoms with E-state index in [1.54, 1.807) is 29.2 Å². The fraction of sp³-hybridized carbons (Fsp3) is 0.471. The molecular weight excluding hydrogens is 326 g/mol. The largest absolute Gasteiger partial charge is 0.468 e. The maximum atomic E-state index is 12.2. The molecular formula is C17H23N3O5. The summed E-state index contributed by atoms with van der Waals surface area (Å²) < 4.78 is 9.87. The van der Waals surface area contributed by atoms with Crippen LogP contribution >= 0.6 is 0 Å². The van der Waals surface area contributed by atoms with Gasteiger partial charge in [0.05, 0.1) is 26.2 Å². The number of esters is 1. The molecule has 1 aromatic carbocycles. The van der Waals surface area contributed by atoms with E-state index in [2.05, 4.69) is 15.4 Å². The van der Waals surface area contributed by atoms with Gasteiger partial charge < -0.3 is 25.0 Å². The molecule has 0 radical (unpaired) electrons. The lowest BCUT2D eigenvalue weighted by Crippen LogP contribution is -2.46. The molecule has 0 spiro atoms. The lowest BCUT2D eigenvalue weighted by molar-refractivity contribution is -0.141. The standard InChI is InChI=1S/C17H23N3O5/c1-12-11-20(7-8-25-12)17(23)19-14-5-3-13(4-6-14)9-15(21)18-10-16(22)24-2/h3-6,12H,7-11H2,1-2H3,(H,18,21)(H,19,23)/t12-/m0/s1. The number of carbonyl (C=O) groups is 3. The number of urea groups is 1. The summed E-state index contributed by atoms with van der Waals surface area (Å²) in [5, 5.41) is 5.30. The number of rotatable bonds is 5. The van der Waals surface area contributed by atoms with Crippen LogP contribution in [0.5, 0.6) is 0 Å². The van der Waals surface area contributed by atoms with Gasteiger partial charge in [-0.15, -0.1) is 0 Å². The smallest absolute Gasteiger partial charge is 0.325 e. The molecule has 8 heteroatoms. The first kappa shape index (κ1) is 18.7. The molecule has 8 nitrogen and oxygen atoms in total. The number of benzene rings is 1. The Balaban J connectivity index is 1.82. The maximum Gasteiger partial charge on any atom is 0.325 e. The molecule has 0 aromatic heterocycles. The molecule has 25 heavy (non-hydrogen) atoms. The molecule has 1 aliphatic rings. The Morgan fingerprint density at radius 1 is 1.28 bits per heavy atom. The Morgan fingerprint density at radius 3 is 2.64 bits per heavy atom. The first-order chi connectivity index (χ1) is 12.0. The monoisotopic (exact) mass is 349 g/mol. The zero-order valence-electron chi connectivity index (χ0n) is 14.4. The van der Waals surface area contributed by atoms with Crippen LogP contribution in [-0.2, 0) is 25.5 Å². The Kier molecular flexibility index (Phi) is 6.76. The summed E-state index contributed by atoms with van der Waals surface area (Å²) in [5.74, 6) is -0.770. The van der Waals surface area contributed by atoms with E-state index in [9.17, 15) is 14.4 Å². The van der Waals surface area contributed by atoms with Crippen molar-refractivity contribution in [2.75, 3.05) is 38.7 Å². The number of ether oxygens (including phenoxy) is 2. The fourth-order valence-electron chi connectivity index (χ4n) is 2.40. The first-order valence-corrected chi connectivity index (χ1v) is 8.08. The molecule has 1 heterocycles. The maximum absolute atomic E-state index is 12.2. The lowest BCUT2D eigenvalue weighted by atomic mass is 10.1. The molecule has 1 atom stereocenters. The minimum atomic E-state index is -0.496. The number of amides is 3. The highest BCUT2D eigenvalue weighted by Crippen LogP contribution is 2.12. The Hall–Kier alpha value is -2.61. The summed E-state index contributed by atoms with van der Waals surface area (Å²) in [7, 11) is 1.26. The summed E-state index contributed by atoms with van der Waals surface area (Å²) in [6, 6.07) is 6.83. The number of nitrogens with zero attached hydrogens (tertiary/aromatic N) is 1. The first-order valence-electron chi connectivity index (χ1n) is 8.08. The van der Waals surface area contributed by atoms with E-state index in [4.69, 9.17) is 4.74 Å². The zero-order chi connectivity index (χ0) is 18.2. The summed E-state index contributed by atoms with van der Waals surface area (Å²) in [6.07, 6.45) is 0.178. The van der Waals surface area contributed by atoms with Crippen LogP contribution in [0.3, 0.4) is 0 Å². The van der Waals surface area contributed by atoms with E-state index < -0.39 is 5.97 Å². The fourth-order valence-corrected chi connectivity index (χ4v) is 2.40. The number of morpholine rings is 1. The van der Waals surface area contributed by atoms with Crippen molar-refractivity contribution in [2.24, 2.45) is 0 Å². The highest BCUT2D eigenvalue weighted by molar-refractivity contribution is 5.89. The van der Waals surface area contributed by atoms with Crippen LogP contribution in [0.4, 0.5) is 10.5 Å². The summed E-state index contributed by atoms with van der Waals surface area (Å²) >= 11 is 0. The van der Waals surface area contributed by atoms with Gasteiger partial charge in [0, 0.05) is 18.8 Å². The van der Waals surface area contributed by atoms with Gasteiger partial charge in [-0.3, -0.25) is 9.59 Å². The van der Waals surface area contributed by atoms with Gasteiger partial charge in [-0.05, 0) is 24.6 Å². The van der Waals surface area contributed by atoms with Crippen LogP contribution < -0.4 is 10.6 Å². The molecule has 1 fully saturated rings. The van der Waals surface area contributed by atoms with Crippen molar-refractivity contribution in [1.29, 1.82) is 0 Å². The predicted molar refractivity (Wildman–Crippen MR) is 91.2 cm³/mol. The zero-order valence-corrected chi connectivity index (χ0v) is 14.4. The Labute approximate surface area is 146 Å². The van der Waals surface area contributed by atoms with E-state index >= 15 is 0 Å². The quantitative estimate of drug-likeness (QED) is 0.766. The molecule has 0 unspecified atom stereocenters. The van der Waals surface area contributed by atoms with Crippen molar-refractivity contribution in [3.8, 4) is 0 Å². The van der Waals surface area contributed by atoms with E-state index in [0.29, 0.717) is 25.4 Å². The summed E-state index contributed by atoms with van der Waals surface area (Å²) in [5.41, 5.74) is 1.43. The Morgan fingerprint density at radius 2 is 2.00 bits per heavy atom. The van der Waals surface area contributed by atoms with E-state index in [-0.39, 0.29) is 31.0 Å². The second-order valence-corrected chi connectivity index (χ2v) is 5.78. The average molecular weight is 349 g/mol. The van der Waals surface area contributed by atoms with Crippen LogP contribution in [0.2, 0.25) is 0 Å². The summed E-state index contributed by atoms with van der Waals surface area (Å²) in [4.78, 5) is 36.6. The van der Waals surface area contributed by atoms with Crippen molar-refractivity contribution < 1.29 is 23.9 Å². The average Bonchev–Trinajstić information content (AvgIpc) is 2.61. The molecule has 0 saturated carbocycles. The van der Waals surface area contributed by atoms with Gasteiger partial charge in [-0.2, -0.15) is 0 Å². The van der Waals surface area contributed by atoms with Gasteiger partial charge in [-0.1, -0.05) is 12.1 Å². The van der Waals surface area contributed by atoms with Crippen molar-refractivity contribution in [2.45, 2.75) is 19.4 Å². The predicted octanol–water partition coefficient (Wildman–Crippen LogP) is 0.771. The van der Waals surface area contributed by atoms with Gasteiger partial charge >= 0.3 is 12.0 Å². The number of carbonyl (C=O) groups excluding carboxylic acids is 3. The summed E-state index contributed by atoms with van der Waals surface area (Å²) in [6.45, 7) is 3.44. The van der Waals surface area contributed by atoms with Gasteiger partial charge in [0.15, 0.2) is 0 Å². The van der Waals surface area contributed by atoms with Crippen LogP contribution in [0.25, 0.3) is 0 Å². The third-order valence-electron chi connectivity index (χ3n) is 3.76. The molecule has 1 aliphatic heterocycles. The molecule has 2 rings (SSSR count). The highest BCUT2D eigenvalue weighted by Gasteiger charge is 2.21. The third kappa shape index (κ3) is 6.07. The van der Waals surface area contributed by atoms with Gasteiger partial charge in [0.2, 0.25) is 5.91 Å². The van der Waals surface area contributed by atoms with Crippen LogP contribution in [0.15, 0.2) is 24.3 Å². The minimum absolute atomic E-state index is 0.0328. The third-order valence-corrected chi connectivity index (χ3v) is 3.76. The normalized spacial score (nSPS) is 16.9. The number of anilines is 1. The van der Waals surface area contributed by atoms with Crippen molar-refractivity contribution in [1.82, 2.24) is 10.2 Å². The van der Waals surface area contributed by atoms with Crippen LogP contribution in [0.1, 0.15) is 12.5 Å². The molecule has 1 saturated heterocycles. The molecule has 136 valence electrons. The van der Waals surface area contributed by atoms with Crippen molar-refractivity contribution >= 4 is 23.6 Å². The highest BCUT2D eigenvalue weighted by atomic mass is 16.5. The van der Waals surface area contributed by atoms with E-state index in [0.717, 1.165) is 5.56 Å². The van der Waals surface area contributed by atoms with E-state index in [1.807, 2.05) is 6.92 Å². The topological polar surface area (TPSA) is 97.0 Å². The minimum Gasteiger partial charge on any atom is -0.468 e. The number of nitrogens with one attached hydrogen (secondary N) is 2. The lowest BCUT2D eigenvalue weighted by Gasteiger charge is -2.31. The molecule has 2 N–H and O–H groups in total. The second-order valence-electron chi connectivity index (χ2n) is 5.78. The van der Waals surface area contributed by atoms with Crippen molar-refractivity contribution in [3.05, 3.63) is 29.8 Å².